The molecule has 0 saturated carbocycles. The summed E-state index contributed by atoms with van der Waals surface area (Å²) in [6.45, 7) is 4.19. The number of hydrogen-bond acceptors (Lipinski definition) is 3. The molecule has 112 valence electrons. The quantitative estimate of drug-likeness (QED) is 0.795. The largest absolute Gasteiger partial charge is 0.392 e. The number of aliphatic hydroxyl groups is 1. The van der Waals surface area contributed by atoms with Gasteiger partial charge in [0.2, 0.25) is 0 Å². The summed E-state index contributed by atoms with van der Waals surface area (Å²) >= 11 is 5.82. The molecule has 0 aliphatic rings. The third-order valence-corrected chi connectivity index (χ3v) is 3.61. The molecule has 0 fully saturated rings. The Labute approximate surface area is 131 Å². The lowest BCUT2D eigenvalue weighted by Crippen LogP contribution is -2.31. The van der Waals surface area contributed by atoms with Crippen molar-refractivity contribution in [3.63, 3.8) is 0 Å². The molecule has 1 heterocycles. The van der Waals surface area contributed by atoms with Gasteiger partial charge in [-0.1, -0.05) is 54.9 Å². The maximum Gasteiger partial charge on any atom is 0.129 e. The first kappa shape index (κ1) is 16.0. The lowest BCUT2D eigenvalue weighted by Gasteiger charge is -2.24. The van der Waals surface area contributed by atoms with Crippen LogP contribution in [0.4, 0.5) is 0 Å². The molecule has 0 bridgehead atoms. The van der Waals surface area contributed by atoms with Gasteiger partial charge in [-0.25, -0.2) is 4.98 Å². The van der Waals surface area contributed by atoms with E-state index in [1.54, 1.807) is 12.3 Å². The van der Waals surface area contributed by atoms with Crippen molar-refractivity contribution in [2.45, 2.75) is 32.5 Å². The van der Waals surface area contributed by atoms with Crippen molar-refractivity contribution in [3.8, 4) is 0 Å². The first-order valence-corrected chi connectivity index (χ1v) is 7.60. The van der Waals surface area contributed by atoms with Gasteiger partial charge in [-0.2, -0.15) is 0 Å². The van der Waals surface area contributed by atoms with Crippen molar-refractivity contribution in [1.29, 1.82) is 0 Å². The fourth-order valence-electron chi connectivity index (χ4n) is 2.21. The van der Waals surface area contributed by atoms with Crippen LogP contribution in [0.25, 0.3) is 0 Å². The first-order valence-electron chi connectivity index (χ1n) is 7.22. The van der Waals surface area contributed by atoms with E-state index in [9.17, 15) is 5.11 Å². The smallest absolute Gasteiger partial charge is 0.129 e. The summed E-state index contributed by atoms with van der Waals surface area (Å²) in [7, 11) is 0. The van der Waals surface area contributed by atoms with E-state index in [2.05, 4.69) is 22.0 Å². The summed E-state index contributed by atoms with van der Waals surface area (Å²) in [6, 6.07) is 14.1. The molecule has 0 amide bonds. The molecule has 1 unspecified atom stereocenters. The predicted octanol–water partition coefficient (Wildman–Crippen LogP) is 3.51. The van der Waals surface area contributed by atoms with Crippen LogP contribution >= 0.6 is 11.6 Å². The summed E-state index contributed by atoms with van der Waals surface area (Å²) in [5.41, 5.74) is 2.33. The third-order valence-electron chi connectivity index (χ3n) is 3.38. The van der Waals surface area contributed by atoms with Crippen LogP contribution in [0.1, 0.15) is 24.5 Å². The molecule has 0 aliphatic carbocycles. The summed E-state index contributed by atoms with van der Waals surface area (Å²) in [5.74, 6) is 0. The number of aromatic nitrogens is 1. The average molecular weight is 305 g/mol. The minimum Gasteiger partial charge on any atom is -0.392 e. The molecule has 2 aromatic rings. The van der Waals surface area contributed by atoms with Crippen LogP contribution in [0.5, 0.6) is 0 Å². The van der Waals surface area contributed by atoms with Crippen LogP contribution in [0.3, 0.4) is 0 Å². The van der Waals surface area contributed by atoms with Crippen molar-refractivity contribution >= 4 is 11.6 Å². The highest BCUT2D eigenvalue weighted by Gasteiger charge is 2.12. The van der Waals surface area contributed by atoms with Crippen molar-refractivity contribution in [2.75, 3.05) is 6.54 Å². The molecule has 3 nitrogen and oxygen atoms in total. The first-order chi connectivity index (χ1) is 10.2. The van der Waals surface area contributed by atoms with Gasteiger partial charge in [0.1, 0.15) is 5.15 Å². The lowest BCUT2D eigenvalue weighted by molar-refractivity contribution is 0.101. The van der Waals surface area contributed by atoms with Gasteiger partial charge in [0.15, 0.2) is 0 Å². The zero-order valence-corrected chi connectivity index (χ0v) is 13.0. The van der Waals surface area contributed by atoms with E-state index >= 15 is 0 Å². The highest BCUT2D eigenvalue weighted by atomic mass is 35.5. The standard InChI is InChI=1S/C17H21ClN2O/c1-2-16(21)13-20(11-14-6-4-3-5-7-14)12-15-8-9-17(18)19-10-15/h3-10,16,21H,2,11-13H2,1H3. The zero-order valence-electron chi connectivity index (χ0n) is 12.2. The summed E-state index contributed by atoms with van der Waals surface area (Å²) in [4.78, 5) is 6.35. The van der Waals surface area contributed by atoms with E-state index < -0.39 is 0 Å². The Morgan fingerprint density at radius 1 is 1.10 bits per heavy atom. The van der Waals surface area contributed by atoms with Crippen molar-refractivity contribution in [2.24, 2.45) is 0 Å². The maximum absolute atomic E-state index is 9.95. The monoisotopic (exact) mass is 304 g/mol. The number of halogens is 1. The molecule has 0 saturated heterocycles. The van der Waals surface area contributed by atoms with Gasteiger partial charge in [0.05, 0.1) is 6.10 Å². The fourth-order valence-corrected chi connectivity index (χ4v) is 2.32. The Balaban J connectivity index is 2.06. The zero-order chi connectivity index (χ0) is 15.1. The topological polar surface area (TPSA) is 36.4 Å². The molecule has 1 aromatic carbocycles. The van der Waals surface area contributed by atoms with E-state index in [0.717, 1.165) is 25.1 Å². The number of pyridine rings is 1. The Hall–Kier alpha value is -1.42. The minimum absolute atomic E-state index is 0.311. The molecule has 0 spiro atoms. The minimum atomic E-state index is -0.311. The lowest BCUT2D eigenvalue weighted by atomic mass is 10.1. The van der Waals surface area contributed by atoms with Crippen molar-refractivity contribution < 1.29 is 5.11 Å². The van der Waals surface area contributed by atoms with E-state index in [1.807, 2.05) is 31.2 Å². The summed E-state index contributed by atoms with van der Waals surface area (Å²) in [6.07, 6.45) is 2.23. The van der Waals surface area contributed by atoms with Crippen LogP contribution in [0, 0.1) is 0 Å². The van der Waals surface area contributed by atoms with Gasteiger partial charge >= 0.3 is 0 Å². The number of aliphatic hydroxyl groups excluding tert-OH is 1. The van der Waals surface area contributed by atoms with Crippen LogP contribution in [-0.2, 0) is 13.1 Å². The average Bonchev–Trinajstić information content (AvgIpc) is 2.50. The van der Waals surface area contributed by atoms with Crippen LogP contribution in [0.2, 0.25) is 5.15 Å². The maximum atomic E-state index is 9.95. The van der Waals surface area contributed by atoms with E-state index in [0.29, 0.717) is 11.7 Å². The van der Waals surface area contributed by atoms with Gasteiger partial charge in [-0.3, -0.25) is 4.90 Å². The van der Waals surface area contributed by atoms with Gasteiger partial charge in [0, 0.05) is 25.8 Å². The molecule has 0 radical (unpaired) electrons. The second-order valence-corrected chi connectivity index (χ2v) is 5.59. The molecule has 21 heavy (non-hydrogen) atoms. The van der Waals surface area contributed by atoms with E-state index in [1.165, 1.54) is 5.56 Å². The highest BCUT2D eigenvalue weighted by molar-refractivity contribution is 6.29. The van der Waals surface area contributed by atoms with Gasteiger partial charge in [-0.15, -0.1) is 0 Å². The van der Waals surface area contributed by atoms with E-state index in [4.69, 9.17) is 11.6 Å². The molecule has 2 rings (SSSR count). The van der Waals surface area contributed by atoms with Gasteiger partial charge in [-0.05, 0) is 23.6 Å². The van der Waals surface area contributed by atoms with Crippen molar-refractivity contribution in [3.05, 3.63) is 64.9 Å². The van der Waals surface area contributed by atoms with Crippen molar-refractivity contribution in [1.82, 2.24) is 9.88 Å². The van der Waals surface area contributed by atoms with Crippen LogP contribution < -0.4 is 0 Å². The normalized spacial score (nSPS) is 12.6. The Morgan fingerprint density at radius 3 is 2.43 bits per heavy atom. The third kappa shape index (κ3) is 5.46. The second kappa shape index (κ2) is 8.13. The number of nitrogens with zero attached hydrogens (tertiary/aromatic N) is 2. The molecule has 1 N–H and O–H groups in total. The SMILES string of the molecule is CCC(O)CN(Cc1ccccc1)Cc1ccc(Cl)nc1. The second-order valence-electron chi connectivity index (χ2n) is 5.21. The fraction of sp³-hybridized carbons (Fsp3) is 0.353. The van der Waals surface area contributed by atoms with Crippen LogP contribution in [0.15, 0.2) is 48.7 Å². The number of hydrogen-bond donors (Lipinski definition) is 1. The molecular weight excluding hydrogens is 284 g/mol. The molecule has 1 atom stereocenters. The highest BCUT2D eigenvalue weighted by Crippen LogP contribution is 2.12. The Kier molecular flexibility index (Phi) is 6.18. The molecular formula is C17H21ClN2O. The summed E-state index contributed by atoms with van der Waals surface area (Å²) in [5, 5.41) is 10.5. The molecule has 1 aromatic heterocycles. The number of benzene rings is 1. The van der Waals surface area contributed by atoms with Gasteiger partial charge in [0.25, 0.3) is 0 Å². The van der Waals surface area contributed by atoms with E-state index in [-0.39, 0.29) is 6.10 Å². The molecule has 0 aliphatic heterocycles. The predicted molar refractivity (Wildman–Crippen MR) is 86.1 cm³/mol. The molecule has 4 heteroatoms. The Bertz CT molecular complexity index is 530. The summed E-state index contributed by atoms with van der Waals surface area (Å²) < 4.78 is 0. The Morgan fingerprint density at radius 2 is 1.81 bits per heavy atom. The van der Waals surface area contributed by atoms with Gasteiger partial charge < -0.3 is 5.11 Å². The van der Waals surface area contributed by atoms with Crippen LogP contribution in [-0.4, -0.2) is 27.6 Å². The number of rotatable bonds is 7.